The highest BCUT2D eigenvalue weighted by Crippen LogP contribution is 1.93. The Bertz CT molecular complexity index is 149. The highest BCUT2D eigenvalue weighted by atomic mass is 28.2. The molecule has 4 nitrogen and oxygen atoms in total. The molecule has 0 amide bonds. The van der Waals surface area contributed by atoms with Crippen LogP contribution in [0.3, 0.4) is 0 Å². The molecule has 0 bridgehead atoms. The quantitative estimate of drug-likeness (QED) is 0.437. The third-order valence-corrected chi connectivity index (χ3v) is 2.01. The lowest BCUT2D eigenvalue weighted by Gasteiger charge is -2.02. The van der Waals surface area contributed by atoms with Crippen LogP contribution < -0.4 is 0 Å². The zero-order valence-electron chi connectivity index (χ0n) is 6.92. The SMILES string of the molecule is COC(=C[SiH2]OC(C)=O)OC. The minimum Gasteiger partial charge on any atom is -0.521 e. The molecule has 0 unspecified atom stereocenters. The number of hydrogen-bond donors (Lipinski definition) is 0. The average molecular weight is 176 g/mol. The fourth-order valence-electron chi connectivity index (χ4n) is 0.477. The molecule has 0 N–H and O–H groups in total. The molecular weight excluding hydrogens is 164 g/mol. The maximum absolute atomic E-state index is 10.3. The number of ether oxygens (including phenoxy) is 2. The number of methoxy groups -OCH3 is 2. The van der Waals surface area contributed by atoms with Crippen LogP contribution in [0.5, 0.6) is 0 Å². The Labute approximate surface area is 68.1 Å². The van der Waals surface area contributed by atoms with E-state index in [9.17, 15) is 4.79 Å². The molecule has 0 aromatic rings. The predicted octanol–water partition coefficient (Wildman–Crippen LogP) is -0.275. The molecule has 0 fully saturated rings. The summed E-state index contributed by atoms with van der Waals surface area (Å²) < 4.78 is 14.3. The first-order valence-corrected chi connectivity index (χ1v) is 4.51. The molecule has 0 atom stereocenters. The van der Waals surface area contributed by atoms with Crippen molar-refractivity contribution in [2.45, 2.75) is 6.92 Å². The minimum atomic E-state index is -0.967. The Morgan fingerprint density at radius 2 is 1.91 bits per heavy atom. The first-order chi connectivity index (χ1) is 5.20. The first kappa shape index (κ1) is 10.0. The Morgan fingerprint density at radius 1 is 1.36 bits per heavy atom. The van der Waals surface area contributed by atoms with Crippen molar-refractivity contribution in [1.82, 2.24) is 0 Å². The summed E-state index contributed by atoms with van der Waals surface area (Å²) in [5, 5.41) is 0. The molecule has 0 aromatic carbocycles. The van der Waals surface area contributed by atoms with Gasteiger partial charge < -0.3 is 13.9 Å². The minimum absolute atomic E-state index is 0.264. The highest BCUT2D eigenvalue weighted by Gasteiger charge is 1.94. The zero-order valence-corrected chi connectivity index (χ0v) is 8.33. The number of rotatable bonds is 4. The standard InChI is InChI=1S/C6H12O4Si/c1-5(7)10-11-4-6(8-2)9-3/h4H,11H2,1-3H3. The molecule has 0 aliphatic heterocycles. The van der Waals surface area contributed by atoms with Gasteiger partial charge in [-0.1, -0.05) is 0 Å². The molecule has 0 saturated heterocycles. The predicted molar refractivity (Wildman–Crippen MR) is 42.4 cm³/mol. The molecule has 0 aromatic heterocycles. The van der Waals surface area contributed by atoms with Crippen LogP contribution in [-0.2, 0) is 18.7 Å². The molecule has 0 radical (unpaired) electrons. The van der Waals surface area contributed by atoms with Crippen molar-refractivity contribution in [3.63, 3.8) is 0 Å². The van der Waals surface area contributed by atoms with Crippen molar-refractivity contribution in [3.8, 4) is 0 Å². The van der Waals surface area contributed by atoms with E-state index in [0.717, 1.165) is 0 Å². The van der Waals surface area contributed by atoms with Crippen molar-refractivity contribution in [3.05, 3.63) is 11.6 Å². The van der Waals surface area contributed by atoms with E-state index in [1.165, 1.54) is 21.1 Å². The molecule has 0 spiro atoms. The van der Waals surface area contributed by atoms with Gasteiger partial charge in [-0.15, -0.1) is 0 Å². The van der Waals surface area contributed by atoms with Crippen LogP contribution in [0.1, 0.15) is 6.92 Å². The van der Waals surface area contributed by atoms with E-state index in [2.05, 4.69) is 0 Å². The Morgan fingerprint density at radius 3 is 2.27 bits per heavy atom. The van der Waals surface area contributed by atoms with E-state index >= 15 is 0 Å². The molecule has 0 saturated carbocycles. The lowest BCUT2D eigenvalue weighted by atomic mass is 10.9. The van der Waals surface area contributed by atoms with Gasteiger partial charge in [0.1, 0.15) is 0 Å². The monoisotopic (exact) mass is 176 g/mol. The largest absolute Gasteiger partial charge is 0.521 e. The maximum atomic E-state index is 10.3. The average Bonchev–Trinajstić information content (AvgIpc) is 1.98. The molecule has 5 heteroatoms. The van der Waals surface area contributed by atoms with E-state index in [-0.39, 0.29) is 5.97 Å². The molecule has 0 aliphatic carbocycles. The van der Waals surface area contributed by atoms with Gasteiger partial charge in [-0.05, 0) is 0 Å². The van der Waals surface area contributed by atoms with Gasteiger partial charge in [0.25, 0.3) is 21.7 Å². The lowest BCUT2D eigenvalue weighted by Crippen LogP contribution is -2.03. The molecule has 64 valence electrons. The molecule has 11 heavy (non-hydrogen) atoms. The van der Waals surface area contributed by atoms with Crippen LogP contribution in [0.25, 0.3) is 0 Å². The third-order valence-electron chi connectivity index (χ3n) is 0.939. The fourth-order valence-corrected chi connectivity index (χ4v) is 1.26. The summed E-state index contributed by atoms with van der Waals surface area (Å²) in [6.07, 6.45) is 0. The maximum Gasteiger partial charge on any atom is 0.289 e. The third kappa shape index (κ3) is 5.47. The van der Waals surface area contributed by atoms with Gasteiger partial charge in [0, 0.05) is 12.6 Å². The molecule has 0 aliphatic rings. The van der Waals surface area contributed by atoms with E-state index in [1.54, 1.807) is 5.70 Å². The molecule has 0 rings (SSSR count). The summed E-state index contributed by atoms with van der Waals surface area (Å²) in [5.41, 5.74) is 1.67. The summed E-state index contributed by atoms with van der Waals surface area (Å²) in [5.74, 6) is 0.136. The second kappa shape index (κ2) is 5.78. The summed E-state index contributed by atoms with van der Waals surface area (Å²) in [4.78, 5) is 10.3. The fraction of sp³-hybridized carbons (Fsp3) is 0.500. The second-order valence-corrected chi connectivity index (χ2v) is 2.76. The second-order valence-electron chi connectivity index (χ2n) is 1.73. The Balaban J connectivity index is 3.61. The van der Waals surface area contributed by atoms with Gasteiger partial charge in [0.2, 0.25) is 0 Å². The van der Waals surface area contributed by atoms with Crippen molar-refractivity contribution in [1.29, 1.82) is 0 Å². The molecular formula is C6H12O4Si. The Kier molecular flexibility index (Phi) is 5.27. The van der Waals surface area contributed by atoms with E-state index in [4.69, 9.17) is 13.9 Å². The summed E-state index contributed by atoms with van der Waals surface area (Å²) in [6.45, 7) is 1.38. The van der Waals surface area contributed by atoms with Crippen LogP contribution in [0.15, 0.2) is 11.6 Å². The van der Waals surface area contributed by atoms with E-state index in [1.807, 2.05) is 0 Å². The number of hydrogen-bond acceptors (Lipinski definition) is 4. The van der Waals surface area contributed by atoms with Crippen molar-refractivity contribution < 1.29 is 18.7 Å². The van der Waals surface area contributed by atoms with Gasteiger partial charge in [0.15, 0.2) is 0 Å². The van der Waals surface area contributed by atoms with Crippen LogP contribution >= 0.6 is 0 Å². The van der Waals surface area contributed by atoms with Crippen LogP contribution in [0.2, 0.25) is 0 Å². The van der Waals surface area contributed by atoms with Crippen LogP contribution in [0, 0.1) is 0 Å². The van der Waals surface area contributed by atoms with E-state index < -0.39 is 9.76 Å². The van der Waals surface area contributed by atoms with Crippen molar-refractivity contribution in [2.75, 3.05) is 14.2 Å². The molecule has 0 heterocycles. The van der Waals surface area contributed by atoms with E-state index in [0.29, 0.717) is 5.95 Å². The van der Waals surface area contributed by atoms with Crippen LogP contribution in [-0.4, -0.2) is 30.0 Å². The Hall–Kier alpha value is -0.973. The van der Waals surface area contributed by atoms with Gasteiger partial charge in [0.05, 0.1) is 14.2 Å². The van der Waals surface area contributed by atoms with Crippen LogP contribution in [0.4, 0.5) is 0 Å². The number of carbonyl (C=O) groups excluding carboxylic acids is 1. The van der Waals surface area contributed by atoms with Gasteiger partial charge in [-0.2, -0.15) is 0 Å². The lowest BCUT2D eigenvalue weighted by molar-refractivity contribution is -0.131. The summed E-state index contributed by atoms with van der Waals surface area (Å²) >= 11 is 0. The first-order valence-electron chi connectivity index (χ1n) is 3.12. The number of carbonyl (C=O) groups is 1. The zero-order chi connectivity index (χ0) is 8.69. The summed E-state index contributed by atoms with van der Waals surface area (Å²) in [7, 11) is 2.03. The topological polar surface area (TPSA) is 44.8 Å². The van der Waals surface area contributed by atoms with Gasteiger partial charge in [-0.3, -0.25) is 4.79 Å². The normalized spacial score (nSPS) is 9.36. The smallest absolute Gasteiger partial charge is 0.289 e. The highest BCUT2D eigenvalue weighted by molar-refractivity contribution is 6.37. The van der Waals surface area contributed by atoms with Gasteiger partial charge >= 0.3 is 0 Å². The summed E-state index contributed by atoms with van der Waals surface area (Å²) in [6, 6.07) is 0. The van der Waals surface area contributed by atoms with Crippen molar-refractivity contribution >= 4 is 15.7 Å². The van der Waals surface area contributed by atoms with Crippen molar-refractivity contribution in [2.24, 2.45) is 0 Å². The van der Waals surface area contributed by atoms with Gasteiger partial charge in [-0.25, -0.2) is 0 Å².